The van der Waals surface area contributed by atoms with Crippen LogP contribution in [0.5, 0.6) is 5.75 Å². The second-order valence-corrected chi connectivity index (χ2v) is 17.0. The maximum atomic E-state index is 13.8. The molecule has 7 N–H and O–H groups in total. The summed E-state index contributed by atoms with van der Waals surface area (Å²) < 4.78 is 28.1. The molecule has 1 saturated heterocycles. The van der Waals surface area contributed by atoms with Gasteiger partial charge in [-0.25, -0.2) is 4.79 Å². The van der Waals surface area contributed by atoms with Gasteiger partial charge in [-0.15, -0.1) is 0 Å². The SMILES string of the molecule is CC(C)(C)OC(=O)N1CCC(Nc2cccc(C(=O)NC3(c4ccc(OCCCCCCOCCOCCOCCCC(=O)O)cc4)CC3)c2)(C(N)=NC(=[NH2+])c2ccncc2)CC1. The number of piperidine rings is 1. The lowest BCUT2D eigenvalue weighted by molar-refractivity contribution is -0.137. The highest BCUT2D eigenvalue weighted by atomic mass is 16.6. The zero-order valence-corrected chi connectivity index (χ0v) is 37.1. The number of aliphatic imine (C=N–C) groups is 1. The number of carbonyl (C=O) groups excluding carboxylic acids is 2. The number of amidine groups is 2. The van der Waals surface area contributed by atoms with E-state index in [0.29, 0.717) is 95.4 Å². The van der Waals surface area contributed by atoms with E-state index in [-0.39, 0.29) is 30.1 Å². The quantitative estimate of drug-likeness (QED) is 0.0427. The number of rotatable bonds is 25. The van der Waals surface area contributed by atoms with E-state index >= 15 is 0 Å². The maximum Gasteiger partial charge on any atom is 0.410 e. The smallest absolute Gasteiger partial charge is 0.410 e. The van der Waals surface area contributed by atoms with Crippen molar-refractivity contribution >= 4 is 35.3 Å². The molecule has 16 heteroatoms. The number of hydrogen-bond acceptors (Lipinski definition) is 10. The highest BCUT2D eigenvalue weighted by molar-refractivity contribution is 6.06. The second-order valence-electron chi connectivity index (χ2n) is 17.0. The lowest BCUT2D eigenvalue weighted by atomic mass is 9.85. The van der Waals surface area contributed by atoms with Crippen LogP contribution in [0.2, 0.25) is 0 Å². The van der Waals surface area contributed by atoms with Crippen LogP contribution in [0.25, 0.3) is 0 Å². The van der Waals surface area contributed by atoms with Gasteiger partial charge in [-0.2, -0.15) is 0 Å². The van der Waals surface area contributed by atoms with E-state index in [4.69, 9.17) is 39.9 Å². The number of hydrogen-bond donors (Lipinski definition) is 5. The lowest BCUT2D eigenvalue weighted by Gasteiger charge is -2.41. The number of carboxylic acids is 1. The molecule has 2 amide bonds. The molecule has 342 valence electrons. The van der Waals surface area contributed by atoms with Crippen molar-refractivity contribution in [2.45, 2.75) is 102 Å². The highest BCUT2D eigenvalue weighted by Gasteiger charge is 2.46. The zero-order chi connectivity index (χ0) is 45.1. The van der Waals surface area contributed by atoms with Crippen LogP contribution in [0.15, 0.2) is 78.0 Å². The first kappa shape index (κ1) is 48.5. The number of carboxylic acid groups (broad SMARTS) is 1. The van der Waals surface area contributed by atoms with Crippen LogP contribution in [0.1, 0.15) is 106 Å². The van der Waals surface area contributed by atoms with Gasteiger partial charge < -0.3 is 50.1 Å². The molecule has 3 aromatic rings. The number of anilines is 1. The van der Waals surface area contributed by atoms with Gasteiger partial charge in [0, 0.05) is 56.4 Å². The molecule has 1 aliphatic carbocycles. The maximum absolute atomic E-state index is 13.8. The van der Waals surface area contributed by atoms with Crippen molar-refractivity contribution in [2.75, 3.05) is 64.7 Å². The molecule has 5 rings (SSSR count). The number of likely N-dealkylation sites (tertiary alicyclic amines) is 1. The monoisotopic (exact) mass is 872 g/mol. The van der Waals surface area contributed by atoms with E-state index in [1.807, 2.05) is 63.2 Å². The minimum atomic E-state index is -0.871. The van der Waals surface area contributed by atoms with Crippen molar-refractivity contribution in [1.29, 1.82) is 0 Å². The molecule has 0 unspecified atom stereocenters. The van der Waals surface area contributed by atoms with Crippen LogP contribution >= 0.6 is 0 Å². The number of amides is 2. The average Bonchev–Trinajstić information content (AvgIpc) is 4.05. The number of nitrogens with zero attached hydrogens (tertiary/aromatic N) is 3. The first-order valence-electron chi connectivity index (χ1n) is 22.0. The van der Waals surface area contributed by atoms with Gasteiger partial charge in [0.25, 0.3) is 5.91 Å². The fourth-order valence-corrected chi connectivity index (χ4v) is 7.17. The lowest BCUT2D eigenvalue weighted by Crippen LogP contribution is -2.59. The van der Waals surface area contributed by atoms with Crippen molar-refractivity contribution in [3.8, 4) is 5.75 Å². The standard InChI is InChI=1S/C47H65N7O9/c1-45(2,3)63-44(58)54-25-21-47(22-26-54,43(49)51-41(48)35-17-23-50-24-18-35)52-38-11-8-10-36(34-38)42(57)53-46(19-20-46)37-13-15-39(16-14-37)62-29-7-5-4-6-27-59-30-32-61-33-31-60-28-9-12-40(55)56/h8,10-11,13-18,23-24,34,52H,4-7,9,12,19-22,25-33H2,1-3H3,(H,53,57)(H,55,56)(H3,48,49,51)/p+1. The van der Waals surface area contributed by atoms with Crippen LogP contribution in [-0.2, 0) is 29.3 Å². The van der Waals surface area contributed by atoms with Gasteiger partial charge in [0.15, 0.2) is 0 Å². The molecule has 0 bridgehead atoms. The molecule has 16 nitrogen and oxygen atoms in total. The predicted molar refractivity (Wildman–Crippen MR) is 240 cm³/mol. The van der Waals surface area contributed by atoms with E-state index in [1.54, 1.807) is 35.5 Å². The summed E-state index contributed by atoms with van der Waals surface area (Å²) in [5.74, 6) is 0.312. The van der Waals surface area contributed by atoms with E-state index < -0.39 is 22.6 Å². The van der Waals surface area contributed by atoms with Crippen LogP contribution in [0.3, 0.4) is 0 Å². The van der Waals surface area contributed by atoms with Crippen LogP contribution in [0, 0.1) is 0 Å². The van der Waals surface area contributed by atoms with Crippen molar-refractivity contribution in [3.63, 3.8) is 0 Å². The number of ether oxygens (including phenoxy) is 5. The molecule has 63 heavy (non-hydrogen) atoms. The molecule has 0 spiro atoms. The van der Waals surface area contributed by atoms with Gasteiger partial charge in [-0.1, -0.05) is 24.6 Å². The van der Waals surface area contributed by atoms with Crippen molar-refractivity contribution in [3.05, 3.63) is 89.7 Å². The number of nitrogens with two attached hydrogens (primary N) is 2. The van der Waals surface area contributed by atoms with Crippen LogP contribution < -0.4 is 26.5 Å². The number of nitrogens with one attached hydrogen (secondary N) is 2. The number of pyridine rings is 1. The zero-order valence-electron chi connectivity index (χ0n) is 37.1. The summed E-state index contributed by atoms with van der Waals surface area (Å²) in [6.07, 6.45) is 10.0. The fraction of sp³-hybridized carbons (Fsp3) is 0.532. The third kappa shape index (κ3) is 15.9. The number of benzene rings is 2. The minimum Gasteiger partial charge on any atom is -0.494 e. The van der Waals surface area contributed by atoms with Gasteiger partial charge in [-0.3, -0.25) is 20.0 Å². The fourth-order valence-electron chi connectivity index (χ4n) is 7.17. The Labute approximate surface area is 370 Å². The molecular weight excluding hydrogens is 807 g/mol. The summed E-state index contributed by atoms with van der Waals surface area (Å²) in [5, 5.41) is 21.9. The Kier molecular flexibility index (Phi) is 18.3. The number of aromatic nitrogens is 1. The topological polar surface area (TPSA) is 222 Å². The summed E-state index contributed by atoms with van der Waals surface area (Å²) in [4.78, 5) is 47.6. The number of aliphatic carboxylic acids is 1. The van der Waals surface area contributed by atoms with Crippen LogP contribution in [0.4, 0.5) is 10.5 Å². The van der Waals surface area contributed by atoms with Gasteiger partial charge in [0.1, 0.15) is 16.9 Å². The molecule has 1 aliphatic heterocycles. The third-order valence-electron chi connectivity index (χ3n) is 10.9. The molecule has 2 fully saturated rings. The van der Waals surface area contributed by atoms with E-state index in [0.717, 1.165) is 49.8 Å². The Balaban J connectivity index is 1.06. The Morgan fingerprint density at radius 3 is 2.05 bits per heavy atom. The first-order chi connectivity index (χ1) is 30.3. The average molecular weight is 873 g/mol. The molecule has 0 radical (unpaired) electrons. The van der Waals surface area contributed by atoms with Crippen molar-refractivity contribution < 1.29 is 48.6 Å². The van der Waals surface area contributed by atoms with Crippen LogP contribution in [-0.4, -0.2) is 115 Å². The van der Waals surface area contributed by atoms with Gasteiger partial charge >= 0.3 is 17.9 Å². The van der Waals surface area contributed by atoms with E-state index in [9.17, 15) is 14.4 Å². The minimum absolute atomic E-state index is 0.116. The molecule has 1 saturated carbocycles. The number of unbranched alkanes of at least 4 members (excludes halogenated alkanes) is 3. The van der Waals surface area contributed by atoms with E-state index in [1.165, 1.54) is 0 Å². The molecular formula is C47H66N7O9+. The van der Waals surface area contributed by atoms with Crippen molar-refractivity contribution in [2.24, 2.45) is 10.7 Å². The highest BCUT2D eigenvalue weighted by Crippen LogP contribution is 2.46. The van der Waals surface area contributed by atoms with E-state index in [2.05, 4.69) is 20.6 Å². The predicted octanol–water partition coefficient (Wildman–Crippen LogP) is 5.10. The van der Waals surface area contributed by atoms with Crippen molar-refractivity contribution in [1.82, 2.24) is 15.2 Å². The van der Waals surface area contributed by atoms with Gasteiger partial charge in [0.05, 0.1) is 44.1 Å². The normalized spacial score (nSPS) is 15.6. The Bertz CT molecular complexity index is 1960. The molecule has 1 aromatic heterocycles. The first-order valence-corrected chi connectivity index (χ1v) is 22.0. The largest absolute Gasteiger partial charge is 0.494 e. The summed E-state index contributed by atoms with van der Waals surface area (Å²) >= 11 is 0. The summed E-state index contributed by atoms with van der Waals surface area (Å²) in [5.41, 5.74) is 7.73. The third-order valence-corrected chi connectivity index (χ3v) is 10.9. The van der Waals surface area contributed by atoms with Gasteiger partial charge in [-0.05, 0) is 125 Å². The Morgan fingerprint density at radius 1 is 0.810 bits per heavy atom. The summed E-state index contributed by atoms with van der Waals surface area (Å²) in [6, 6.07) is 18.8. The Morgan fingerprint density at radius 2 is 1.43 bits per heavy atom. The molecule has 0 atom stereocenters. The second kappa shape index (κ2) is 23.7. The molecule has 2 aliphatic rings. The summed E-state index contributed by atoms with van der Waals surface area (Å²) in [7, 11) is 0. The van der Waals surface area contributed by atoms with Gasteiger partial charge in [0.2, 0.25) is 5.84 Å². The number of carbonyl (C=O) groups is 3. The summed E-state index contributed by atoms with van der Waals surface area (Å²) in [6.45, 7) is 9.94. The Hall–Kier alpha value is -5.58. The molecule has 2 heterocycles. The molecule has 2 aromatic carbocycles.